The van der Waals surface area contributed by atoms with E-state index in [1.807, 2.05) is 18.2 Å². The average Bonchev–Trinajstić information content (AvgIpc) is 3.04. The molecule has 30 heavy (non-hydrogen) atoms. The number of nitrogens with zero attached hydrogens (tertiary/aromatic N) is 2. The molecule has 2 aromatic carbocycles. The lowest BCUT2D eigenvalue weighted by molar-refractivity contribution is -0.697. The number of amidine groups is 1. The van der Waals surface area contributed by atoms with Gasteiger partial charge in [0, 0.05) is 11.3 Å². The van der Waals surface area contributed by atoms with E-state index in [0.29, 0.717) is 6.04 Å². The van der Waals surface area contributed by atoms with Crippen LogP contribution in [0.25, 0.3) is 0 Å². The number of fused-ring (bicyclic) bond motifs is 2. The van der Waals surface area contributed by atoms with Crippen LogP contribution in [0.4, 0.5) is 20.8 Å². The molecule has 3 N–H and O–H groups in total. The lowest BCUT2D eigenvalue weighted by Crippen LogP contribution is -2.95. The number of aryl methyl sites for hydroxylation is 2. The molecule has 0 spiro atoms. The van der Waals surface area contributed by atoms with Crippen molar-refractivity contribution in [3.63, 3.8) is 0 Å². The van der Waals surface area contributed by atoms with Gasteiger partial charge in [0.15, 0.2) is 0 Å². The third-order valence-electron chi connectivity index (χ3n) is 5.82. The Hall–Kier alpha value is -2.70. The van der Waals surface area contributed by atoms with E-state index in [4.69, 9.17) is 4.99 Å². The van der Waals surface area contributed by atoms with Gasteiger partial charge in [0.25, 0.3) is 0 Å². The van der Waals surface area contributed by atoms with Gasteiger partial charge in [0.2, 0.25) is 0 Å². The minimum atomic E-state index is -0.152. The van der Waals surface area contributed by atoms with Crippen LogP contribution in [-0.4, -0.2) is 36.4 Å². The summed E-state index contributed by atoms with van der Waals surface area (Å²) in [6.07, 6.45) is 1.92. The molecule has 0 aliphatic carbocycles. The summed E-state index contributed by atoms with van der Waals surface area (Å²) in [5, 5.41) is 7.19. The van der Waals surface area contributed by atoms with Crippen LogP contribution in [0.15, 0.2) is 59.6 Å². The third-order valence-corrected chi connectivity index (χ3v) is 6.79. The van der Waals surface area contributed by atoms with Crippen molar-refractivity contribution in [3.8, 4) is 0 Å². The summed E-state index contributed by atoms with van der Waals surface area (Å²) in [6, 6.07) is 17.9. The summed E-state index contributed by atoms with van der Waals surface area (Å²) in [7, 11) is 0. The summed E-state index contributed by atoms with van der Waals surface area (Å²) in [6.45, 7) is 5.12. The average molecular weight is 422 g/mol. The Morgan fingerprint density at radius 1 is 1.20 bits per heavy atom. The van der Waals surface area contributed by atoms with Crippen molar-refractivity contribution < 1.29 is 9.71 Å². The highest BCUT2D eigenvalue weighted by Crippen LogP contribution is 2.39. The predicted octanol–water partition coefficient (Wildman–Crippen LogP) is 4.21. The number of hydrogen-bond donors (Lipinski definition) is 2. The second-order valence-electron chi connectivity index (χ2n) is 8.08. The first kappa shape index (κ1) is 19.3. The van der Waals surface area contributed by atoms with E-state index >= 15 is 0 Å². The van der Waals surface area contributed by atoms with Crippen LogP contribution < -0.4 is 10.6 Å². The van der Waals surface area contributed by atoms with Crippen molar-refractivity contribution in [2.45, 2.75) is 25.8 Å². The molecule has 2 aliphatic heterocycles. The van der Waals surface area contributed by atoms with Crippen molar-refractivity contribution in [2.24, 2.45) is 4.99 Å². The molecule has 0 saturated carbocycles. The minimum absolute atomic E-state index is 0.152. The van der Waals surface area contributed by atoms with Gasteiger partial charge in [0.05, 0.1) is 36.6 Å². The maximum Gasteiger partial charge on any atom is 0.140 e. The van der Waals surface area contributed by atoms with Crippen LogP contribution in [0, 0.1) is 12.7 Å². The van der Waals surface area contributed by atoms with Gasteiger partial charge < -0.3 is 15.5 Å². The highest BCUT2D eigenvalue weighted by molar-refractivity contribution is 7.16. The lowest BCUT2D eigenvalue weighted by atomic mass is 10.0. The predicted molar refractivity (Wildman–Crippen MR) is 122 cm³/mol. The molecule has 0 amide bonds. The van der Waals surface area contributed by atoms with Gasteiger partial charge in [-0.05, 0) is 49.2 Å². The molecule has 0 radical (unpaired) electrons. The highest BCUT2D eigenvalue weighted by atomic mass is 32.1. The maximum atomic E-state index is 13.5. The molecule has 3 heterocycles. The lowest BCUT2D eigenvalue weighted by Gasteiger charge is -2.33. The molecule has 3 aromatic rings. The Kier molecular flexibility index (Phi) is 5.27. The molecule has 1 atom stereocenters. The van der Waals surface area contributed by atoms with Crippen LogP contribution in [0.2, 0.25) is 0 Å². The van der Waals surface area contributed by atoms with Gasteiger partial charge in [-0.25, -0.2) is 9.38 Å². The van der Waals surface area contributed by atoms with Crippen molar-refractivity contribution >= 4 is 33.5 Å². The molecule has 6 heteroatoms. The van der Waals surface area contributed by atoms with Crippen molar-refractivity contribution in [1.82, 2.24) is 4.90 Å². The quantitative estimate of drug-likeness (QED) is 0.665. The number of halogens is 1. The largest absolute Gasteiger partial charge is 0.345 e. The normalized spacial score (nSPS) is 18.1. The number of rotatable bonds is 3. The number of anilines is 2. The molecule has 154 valence electrons. The zero-order chi connectivity index (χ0) is 20.5. The fourth-order valence-electron chi connectivity index (χ4n) is 4.35. The van der Waals surface area contributed by atoms with E-state index < -0.39 is 0 Å². The van der Waals surface area contributed by atoms with Gasteiger partial charge in [-0.1, -0.05) is 24.3 Å². The number of quaternary nitrogens is 1. The Balaban J connectivity index is 1.39. The monoisotopic (exact) mass is 421 g/mol. The third kappa shape index (κ3) is 3.98. The summed E-state index contributed by atoms with van der Waals surface area (Å²) >= 11 is 1.78. The van der Waals surface area contributed by atoms with E-state index in [0.717, 1.165) is 55.2 Å². The number of benzene rings is 2. The first-order valence-corrected chi connectivity index (χ1v) is 11.4. The van der Waals surface area contributed by atoms with Crippen molar-refractivity contribution in [1.29, 1.82) is 0 Å². The SMILES string of the molecule is Cc1cc2c(s1)Nc1ccccc1N=C2N1CC[NH2+]C(CCc2cccc(F)c2)C1. The second-order valence-corrected chi connectivity index (χ2v) is 9.33. The fourth-order valence-corrected chi connectivity index (χ4v) is 5.27. The highest BCUT2D eigenvalue weighted by Gasteiger charge is 2.29. The molecule has 5 rings (SSSR count). The topological polar surface area (TPSA) is 44.2 Å². The first-order chi connectivity index (χ1) is 14.7. The Morgan fingerprint density at radius 3 is 3.00 bits per heavy atom. The van der Waals surface area contributed by atoms with E-state index in [-0.39, 0.29) is 5.82 Å². The van der Waals surface area contributed by atoms with Gasteiger partial charge in [0.1, 0.15) is 22.7 Å². The number of para-hydroxylation sites is 2. The summed E-state index contributed by atoms with van der Waals surface area (Å²) < 4.78 is 13.5. The number of nitrogens with two attached hydrogens (primary N) is 1. The smallest absolute Gasteiger partial charge is 0.140 e. The molecule has 1 fully saturated rings. The van der Waals surface area contributed by atoms with Gasteiger partial charge in [-0.15, -0.1) is 11.3 Å². The maximum absolute atomic E-state index is 13.5. The minimum Gasteiger partial charge on any atom is -0.345 e. The zero-order valence-electron chi connectivity index (χ0n) is 17.1. The van der Waals surface area contributed by atoms with Gasteiger partial charge in [-0.3, -0.25) is 0 Å². The number of thiophene rings is 1. The molecule has 4 nitrogen and oxygen atoms in total. The number of piperazine rings is 1. The summed E-state index contributed by atoms with van der Waals surface area (Å²) in [5.41, 5.74) is 4.31. The number of nitrogens with one attached hydrogen (secondary N) is 1. The fraction of sp³-hybridized carbons (Fsp3) is 0.292. The molecule has 2 aliphatic rings. The number of aliphatic imine (C=N–C) groups is 1. The number of hydrogen-bond acceptors (Lipinski definition) is 4. The van der Waals surface area contributed by atoms with Crippen LogP contribution in [0.1, 0.15) is 22.4 Å². The van der Waals surface area contributed by atoms with Crippen molar-refractivity contribution in [3.05, 3.63) is 76.4 Å². The molecule has 1 saturated heterocycles. The van der Waals surface area contributed by atoms with E-state index in [9.17, 15) is 4.39 Å². The van der Waals surface area contributed by atoms with Crippen LogP contribution in [0.3, 0.4) is 0 Å². The van der Waals surface area contributed by atoms with Crippen LogP contribution in [-0.2, 0) is 6.42 Å². The second kappa shape index (κ2) is 8.20. The molecular weight excluding hydrogens is 395 g/mol. The van der Waals surface area contributed by atoms with E-state index in [1.54, 1.807) is 23.5 Å². The van der Waals surface area contributed by atoms with Gasteiger partial charge >= 0.3 is 0 Å². The first-order valence-electron chi connectivity index (χ1n) is 10.5. The summed E-state index contributed by atoms with van der Waals surface area (Å²) in [5.74, 6) is 0.914. The zero-order valence-corrected chi connectivity index (χ0v) is 17.9. The van der Waals surface area contributed by atoms with E-state index in [1.165, 1.54) is 21.5 Å². The molecular formula is C24H26FN4S+. The molecule has 1 aromatic heterocycles. The molecule has 1 unspecified atom stereocenters. The van der Waals surface area contributed by atoms with Crippen LogP contribution in [0.5, 0.6) is 0 Å². The van der Waals surface area contributed by atoms with Crippen LogP contribution >= 0.6 is 11.3 Å². The van der Waals surface area contributed by atoms with E-state index in [2.05, 4.69) is 40.7 Å². The standard InChI is InChI=1S/C24H25FN4S/c1-16-13-20-23(27-21-7-2-3-8-22(21)28-24(20)30-16)29-12-11-26-19(15-29)10-9-17-5-4-6-18(25)14-17/h2-8,13-14,19,26,28H,9-12,15H2,1H3/p+1. The Labute approximate surface area is 180 Å². The molecule has 0 bridgehead atoms. The Morgan fingerprint density at radius 2 is 2.10 bits per heavy atom. The summed E-state index contributed by atoms with van der Waals surface area (Å²) in [4.78, 5) is 8.82. The Bertz CT molecular complexity index is 1090. The van der Waals surface area contributed by atoms with Gasteiger partial charge in [-0.2, -0.15) is 0 Å². The van der Waals surface area contributed by atoms with Crippen molar-refractivity contribution in [2.75, 3.05) is 25.0 Å².